The van der Waals surface area contributed by atoms with Crippen LogP contribution in [0, 0.1) is 0 Å². The van der Waals surface area contributed by atoms with Gasteiger partial charge in [0.1, 0.15) is 5.52 Å². The quantitative estimate of drug-likeness (QED) is 0.923. The summed E-state index contributed by atoms with van der Waals surface area (Å²) in [7, 11) is 0. The zero-order chi connectivity index (χ0) is 11.7. The second-order valence-corrected chi connectivity index (χ2v) is 5.51. The number of nitrogens with zero attached hydrogens (tertiary/aromatic N) is 2. The molecule has 0 bridgehead atoms. The van der Waals surface area contributed by atoms with Gasteiger partial charge in [0.2, 0.25) is 0 Å². The number of nitrogens with one attached hydrogen (secondary N) is 1. The Bertz CT molecular complexity index is 514. The lowest BCUT2D eigenvalue weighted by Crippen LogP contribution is -2.37. The maximum Gasteiger partial charge on any atom is 0.103 e. The van der Waals surface area contributed by atoms with E-state index in [4.69, 9.17) is 0 Å². The molecule has 1 aliphatic rings. The third-order valence-corrected chi connectivity index (χ3v) is 4.07. The lowest BCUT2D eigenvalue weighted by Gasteiger charge is -2.23. The molecule has 2 heterocycles. The second-order valence-electron chi connectivity index (χ2n) is 4.65. The van der Waals surface area contributed by atoms with E-state index in [1.54, 1.807) is 0 Å². The van der Waals surface area contributed by atoms with Gasteiger partial charge in [-0.3, -0.25) is 0 Å². The van der Waals surface area contributed by atoms with Crippen LogP contribution in [0.5, 0.6) is 0 Å². The van der Waals surface area contributed by atoms with Crippen LogP contribution in [0.25, 0.3) is 11.0 Å². The van der Waals surface area contributed by atoms with Crippen LogP contribution in [0.15, 0.2) is 29.0 Å². The van der Waals surface area contributed by atoms with Crippen LogP contribution in [0.2, 0.25) is 0 Å². The number of imidazole rings is 1. The molecular weight excluding hydrogens is 278 g/mol. The van der Waals surface area contributed by atoms with Gasteiger partial charge >= 0.3 is 0 Å². The molecule has 17 heavy (non-hydrogen) atoms. The number of hydrogen-bond donors (Lipinski definition) is 1. The van der Waals surface area contributed by atoms with E-state index in [0.29, 0.717) is 6.04 Å². The maximum atomic E-state index is 4.47. The first-order valence-electron chi connectivity index (χ1n) is 6.17. The fraction of sp³-hybridized carbons (Fsp3) is 0.462. The first kappa shape index (κ1) is 11.2. The van der Waals surface area contributed by atoms with E-state index in [1.165, 1.54) is 24.8 Å². The highest BCUT2D eigenvalue weighted by Crippen LogP contribution is 2.22. The Hall–Kier alpha value is -0.870. The van der Waals surface area contributed by atoms with E-state index < -0.39 is 0 Å². The van der Waals surface area contributed by atoms with Crippen molar-refractivity contribution in [1.29, 1.82) is 0 Å². The fourth-order valence-electron chi connectivity index (χ4n) is 2.52. The number of rotatable bonds is 2. The average molecular weight is 294 g/mol. The van der Waals surface area contributed by atoms with Crippen molar-refractivity contribution >= 4 is 27.0 Å². The van der Waals surface area contributed by atoms with Gasteiger partial charge in [-0.15, -0.1) is 0 Å². The Morgan fingerprint density at radius 2 is 2.35 bits per heavy atom. The predicted octanol–water partition coefficient (Wildman–Crippen LogP) is 2.94. The van der Waals surface area contributed by atoms with Crippen LogP contribution in [-0.4, -0.2) is 22.1 Å². The van der Waals surface area contributed by atoms with Gasteiger partial charge in [-0.25, -0.2) is 4.98 Å². The molecule has 0 saturated carbocycles. The number of para-hydroxylation sites is 1. The summed E-state index contributed by atoms with van der Waals surface area (Å²) in [5.74, 6) is 0. The monoisotopic (exact) mass is 293 g/mol. The topological polar surface area (TPSA) is 29.9 Å². The normalized spacial score (nSPS) is 20.9. The highest BCUT2D eigenvalue weighted by Gasteiger charge is 2.14. The molecule has 0 amide bonds. The van der Waals surface area contributed by atoms with Crippen LogP contribution < -0.4 is 5.32 Å². The van der Waals surface area contributed by atoms with Crippen molar-refractivity contribution in [2.24, 2.45) is 0 Å². The second kappa shape index (κ2) is 4.78. The van der Waals surface area contributed by atoms with Crippen molar-refractivity contribution in [3.63, 3.8) is 0 Å². The minimum absolute atomic E-state index is 0.597. The minimum Gasteiger partial charge on any atom is -0.329 e. The minimum atomic E-state index is 0.597. The van der Waals surface area contributed by atoms with Crippen molar-refractivity contribution in [3.05, 3.63) is 29.0 Å². The molecule has 0 aliphatic carbocycles. The first-order chi connectivity index (χ1) is 8.34. The molecular formula is C13H16BrN3. The summed E-state index contributed by atoms with van der Waals surface area (Å²) in [5, 5.41) is 3.58. The number of aromatic nitrogens is 2. The standard InChI is InChI=1S/C13H16BrN3/c14-11-5-3-6-12-13(11)16-9-17(12)8-10-4-1-2-7-15-10/h3,5-6,9-10,15H,1-2,4,7-8H2. The molecule has 1 fully saturated rings. The van der Waals surface area contributed by atoms with Gasteiger partial charge in [-0.1, -0.05) is 12.5 Å². The van der Waals surface area contributed by atoms with Crippen molar-refractivity contribution in [3.8, 4) is 0 Å². The Labute approximate surface area is 109 Å². The summed E-state index contributed by atoms with van der Waals surface area (Å²) in [6.45, 7) is 2.17. The Morgan fingerprint density at radius 3 is 3.18 bits per heavy atom. The number of fused-ring (bicyclic) bond motifs is 1. The van der Waals surface area contributed by atoms with Crippen LogP contribution in [-0.2, 0) is 6.54 Å². The maximum absolute atomic E-state index is 4.47. The summed E-state index contributed by atoms with van der Waals surface area (Å²) in [6, 6.07) is 6.84. The van der Waals surface area contributed by atoms with Crippen LogP contribution in [0.1, 0.15) is 19.3 Å². The first-order valence-corrected chi connectivity index (χ1v) is 6.96. The summed E-state index contributed by atoms with van der Waals surface area (Å²) in [4.78, 5) is 4.47. The van der Waals surface area contributed by atoms with Crippen molar-refractivity contribution in [2.45, 2.75) is 31.8 Å². The molecule has 1 atom stereocenters. The van der Waals surface area contributed by atoms with E-state index in [2.05, 4.69) is 42.9 Å². The highest BCUT2D eigenvalue weighted by atomic mass is 79.9. The van der Waals surface area contributed by atoms with Gasteiger partial charge in [0.15, 0.2) is 0 Å². The van der Waals surface area contributed by atoms with Gasteiger partial charge < -0.3 is 9.88 Å². The molecule has 1 unspecified atom stereocenters. The lowest BCUT2D eigenvalue weighted by molar-refractivity contribution is 0.366. The van der Waals surface area contributed by atoms with E-state index in [1.807, 2.05) is 12.4 Å². The average Bonchev–Trinajstić information content (AvgIpc) is 2.76. The summed E-state index contributed by atoms with van der Waals surface area (Å²) in [6.07, 6.45) is 5.88. The van der Waals surface area contributed by atoms with Crippen molar-refractivity contribution in [1.82, 2.24) is 14.9 Å². The van der Waals surface area contributed by atoms with Gasteiger partial charge in [-0.05, 0) is 47.4 Å². The van der Waals surface area contributed by atoms with E-state index in [0.717, 1.165) is 23.1 Å². The number of piperidine rings is 1. The molecule has 1 saturated heterocycles. The number of benzene rings is 1. The van der Waals surface area contributed by atoms with Gasteiger partial charge in [0, 0.05) is 17.1 Å². The smallest absolute Gasteiger partial charge is 0.103 e. The molecule has 90 valence electrons. The zero-order valence-corrected chi connectivity index (χ0v) is 11.3. The number of halogens is 1. The fourth-order valence-corrected chi connectivity index (χ4v) is 2.97. The van der Waals surface area contributed by atoms with E-state index in [9.17, 15) is 0 Å². The summed E-state index contributed by atoms with van der Waals surface area (Å²) < 4.78 is 3.33. The van der Waals surface area contributed by atoms with E-state index >= 15 is 0 Å². The molecule has 1 aromatic heterocycles. The Kier molecular flexibility index (Phi) is 3.16. The molecule has 1 aromatic carbocycles. The molecule has 1 N–H and O–H groups in total. The van der Waals surface area contributed by atoms with Gasteiger partial charge in [0.25, 0.3) is 0 Å². The molecule has 4 heteroatoms. The SMILES string of the molecule is Brc1cccc2c1ncn2CC1CCCCN1. The van der Waals surface area contributed by atoms with Crippen molar-refractivity contribution in [2.75, 3.05) is 6.54 Å². The third-order valence-electron chi connectivity index (χ3n) is 3.43. The molecule has 3 nitrogen and oxygen atoms in total. The molecule has 2 aromatic rings. The molecule has 0 spiro atoms. The predicted molar refractivity (Wildman–Crippen MR) is 73.1 cm³/mol. The summed E-state index contributed by atoms with van der Waals surface area (Å²) in [5.41, 5.74) is 2.27. The van der Waals surface area contributed by atoms with Gasteiger partial charge in [-0.2, -0.15) is 0 Å². The van der Waals surface area contributed by atoms with E-state index in [-0.39, 0.29) is 0 Å². The largest absolute Gasteiger partial charge is 0.329 e. The Morgan fingerprint density at radius 1 is 1.41 bits per heavy atom. The molecule has 3 rings (SSSR count). The summed E-state index contributed by atoms with van der Waals surface area (Å²) >= 11 is 3.54. The Balaban J connectivity index is 1.87. The number of hydrogen-bond acceptors (Lipinski definition) is 2. The lowest BCUT2D eigenvalue weighted by atomic mass is 10.1. The van der Waals surface area contributed by atoms with Crippen LogP contribution >= 0.6 is 15.9 Å². The van der Waals surface area contributed by atoms with Crippen LogP contribution in [0.4, 0.5) is 0 Å². The zero-order valence-electron chi connectivity index (χ0n) is 9.69. The third kappa shape index (κ3) is 2.24. The van der Waals surface area contributed by atoms with Crippen LogP contribution in [0.3, 0.4) is 0 Å². The van der Waals surface area contributed by atoms with Crippen molar-refractivity contribution < 1.29 is 0 Å². The molecule has 1 aliphatic heterocycles. The highest BCUT2D eigenvalue weighted by molar-refractivity contribution is 9.10. The van der Waals surface area contributed by atoms with Gasteiger partial charge in [0.05, 0.1) is 11.8 Å². The molecule has 0 radical (unpaired) electrons.